The van der Waals surface area contributed by atoms with E-state index in [1.54, 1.807) is 24.3 Å². The van der Waals surface area contributed by atoms with E-state index in [-0.39, 0.29) is 16.6 Å². The van der Waals surface area contributed by atoms with Crippen LogP contribution in [0.4, 0.5) is 5.69 Å². The molecule has 1 aromatic heterocycles. The Morgan fingerprint density at radius 1 is 1.25 bits per heavy atom. The fourth-order valence-electron chi connectivity index (χ4n) is 1.52. The van der Waals surface area contributed by atoms with Gasteiger partial charge in [-0.3, -0.25) is 0 Å². The van der Waals surface area contributed by atoms with Crippen molar-refractivity contribution in [3.8, 4) is 0 Å². The van der Waals surface area contributed by atoms with Crippen molar-refractivity contribution in [2.45, 2.75) is 11.4 Å². The third-order valence-corrected chi connectivity index (χ3v) is 3.97. The summed E-state index contributed by atoms with van der Waals surface area (Å²) < 4.78 is 31.6. The van der Waals surface area contributed by atoms with Gasteiger partial charge in [0.2, 0.25) is 10.0 Å². The fraction of sp³-hybridized carbons (Fsp3) is 0.0833. The first-order valence-electron chi connectivity index (χ1n) is 5.66. The van der Waals surface area contributed by atoms with Crippen molar-refractivity contribution in [1.82, 2.24) is 4.72 Å². The molecule has 4 N–H and O–H groups in total. The van der Waals surface area contributed by atoms with Crippen LogP contribution in [0, 0.1) is 0 Å². The molecule has 106 valence electrons. The average Bonchev–Trinajstić information content (AvgIpc) is 2.89. The molecule has 0 spiro atoms. The Kier molecular flexibility index (Phi) is 4.38. The van der Waals surface area contributed by atoms with Crippen molar-refractivity contribution in [2.75, 3.05) is 5.32 Å². The molecule has 1 heterocycles. The first-order valence-corrected chi connectivity index (χ1v) is 7.55. The molecule has 0 atom stereocenters. The molecule has 0 unspecified atom stereocenters. The van der Waals surface area contributed by atoms with Gasteiger partial charge in [-0.15, -0.1) is 0 Å². The predicted octanol–water partition coefficient (Wildman–Crippen LogP) is 1.41. The van der Waals surface area contributed by atoms with E-state index in [1.165, 1.54) is 18.4 Å². The highest BCUT2D eigenvalue weighted by molar-refractivity contribution is 7.89. The van der Waals surface area contributed by atoms with Gasteiger partial charge >= 0.3 is 0 Å². The lowest BCUT2D eigenvalue weighted by Gasteiger charge is -2.07. The summed E-state index contributed by atoms with van der Waals surface area (Å²) in [5, 5.41) is 2.84. The van der Waals surface area contributed by atoms with E-state index in [0.29, 0.717) is 11.4 Å². The molecule has 0 saturated carbocycles. The summed E-state index contributed by atoms with van der Waals surface area (Å²) in [7, 11) is -3.58. The minimum atomic E-state index is -3.58. The van der Waals surface area contributed by atoms with Crippen LogP contribution in [0.2, 0.25) is 0 Å². The van der Waals surface area contributed by atoms with E-state index in [2.05, 4.69) is 10.0 Å². The second-order valence-corrected chi connectivity index (χ2v) is 6.12. The number of rotatable bonds is 5. The van der Waals surface area contributed by atoms with Gasteiger partial charge in [-0.2, -0.15) is 0 Å². The van der Waals surface area contributed by atoms with Crippen LogP contribution in [-0.4, -0.2) is 13.5 Å². The van der Waals surface area contributed by atoms with Crippen molar-refractivity contribution >= 4 is 33.0 Å². The maximum Gasteiger partial charge on any atom is 0.240 e. The number of sulfonamides is 1. The van der Waals surface area contributed by atoms with Crippen molar-refractivity contribution in [2.24, 2.45) is 5.73 Å². The lowest BCUT2D eigenvalue weighted by Crippen LogP contribution is -2.23. The predicted molar refractivity (Wildman–Crippen MR) is 79.6 cm³/mol. The van der Waals surface area contributed by atoms with Gasteiger partial charge in [-0.25, -0.2) is 13.1 Å². The van der Waals surface area contributed by atoms with Crippen LogP contribution in [0.25, 0.3) is 0 Å². The summed E-state index contributed by atoms with van der Waals surface area (Å²) in [6.45, 7) is 0.0994. The molecule has 0 aliphatic carbocycles. The van der Waals surface area contributed by atoms with Gasteiger partial charge in [0, 0.05) is 5.69 Å². The number of thiocarbonyl (C=S) groups is 1. The highest BCUT2D eigenvalue weighted by Gasteiger charge is 2.14. The van der Waals surface area contributed by atoms with Crippen LogP contribution < -0.4 is 15.8 Å². The van der Waals surface area contributed by atoms with Crippen LogP contribution in [0.1, 0.15) is 5.76 Å². The monoisotopic (exact) mass is 311 g/mol. The Balaban J connectivity index is 2.07. The second kappa shape index (κ2) is 6.04. The third-order valence-electron chi connectivity index (χ3n) is 2.45. The summed E-state index contributed by atoms with van der Waals surface area (Å²) >= 11 is 4.70. The number of nitrogens with two attached hydrogens (primary N) is 1. The van der Waals surface area contributed by atoms with Crippen LogP contribution >= 0.6 is 12.2 Å². The molecule has 2 aromatic rings. The summed E-state index contributed by atoms with van der Waals surface area (Å²) in [6.07, 6.45) is 1.49. The largest absolute Gasteiger partial charge is 0.468 e. The van der Waals surface area contributed by atoms with E-state index in [0.717, 1.165) is 0 Å². The molecule has 0 fully saturated rings. The Bertz CT molecular complexity index is 679. The Hall–Kier alpha value is -1.90. The smallest absolute Gasteiger partial charge is 0.240 e. The van der Waals surface area contributed by atoms with Gasteiger partial charge in [0.25, 0.3) is 0 Å². The minimum Gasteiger partial charge on any atom is -0.468 e. The molecule has 0 radical (unpaired) electrons. The van der Waals surface area contributed by atoms with Gasteiger partial charge in [0.15, 0.2) is 5.11 Å². The van der Waals surface area contributed by atoms with E-state index in [1.807, 2.05) is 0 Å². The zero-order valence-electron chi connectivity index (χ0n) is 10.4. The minimum absolute atomic E-state index is 0.0994. The molecule has 6 nitrogen and oxygen atoms in total. The normalized spacial score (nSPS) is 11.2. The van der Waals surface area contributed by atoms with Crippen molar-refractivity contribution in [3.63, 3.8) is 0 Å². The lowest BCUT2D eigenvalue weighted by molar-refractivity contribution is 0.498. The lowest BCUT2D eigenvalue weighted by atomic mass is 10.3. The standard InChI is InChI=1S/C12H13N3O3S2/c13-12(19)15-9-3-5-11(6-4-9)20(16,17)14-8-10-2-1-7-18-10/h1-7,14H,8H2,(H3,13,15,19). The summed E-state index contributed by atoms with van der Waals surface area (Å²) in [4.78, 5) is 0.151. The fourth-order valence-corrected chi connectivity index (χ4v) is 2.63. The number of anilines is 1. The highest BCUT2D eigenvalue weighted by Crippen LogP contribution is 2.14. The summed E-state index contributed by atoms with van der Waals surface area (Å²) in [6, 6.07) is 9.48. The summed E-state index contributed by atoms with van der Waals surface area (Å²) in [5.74, 6) is 0.542. The number of hydrogen-bond acceptors (Lipinski definition) is 4. The van der Waals surface area contributed by atoms with Crippen molar-refractivity contribution < 1.29 is 12.8 Å². The zero-order valence-corrected chi connectivity index (χ0v) is 12.0. The molecular formula is C12H13N3O3S2. The molecule has 8 heteroatoms. The quantitative estimate of drug-likeness (QED) is 0.722. The zero-order chi connectivity index (χ0) is 14.6. The topological polar surface area (TPSA) is 97.4 Å². The molecule has 1 aromatic carbocycles. The first kappa shape index (κ1) is 14.5. The highest BCUT2D eigenvalue weighted by atomic mass is 32.2. The van der Waals surface area contributed by atoms with Crippen molar-refractivity contribution in [3.05, 3.63) is 48.4 Å². The number of nitrogens with one attached hydrogen (secondary N) is 2. The third kappa shape index (κ3) is 3.80. The number of furan rings is 1. The molecule has 0 saturated heterocycles. The molecule has 2 rings (SSSR count). The van der Waals surface area contributed by atoms with Crippen LogP contribution in [0.3, 0.4) is 0 Å². The van der Waals surface area contributed by atoms with Crippen LogP contribution in [0.15, 0.2) is 52.0 Å². The van der Waals surface area contributed by atoms with Crippen LogP contribution in [0.5, 0.6) is 0 Å². The van der Waals surface area contributed by atoms with Gasteiger partial charge in [0.1, 0.15) is 5.76 Å². The molecule has 0 aliphatic rings. The van der Waals surface area contributed by atoms with E-state index < -0.39 is 10.0 Å². The van der Waals surface area contributed by atoms with E-state index in [4.69, 9.17) is 22.4 Å². The maximum absolute atomic E-state index is 12.0. The molecule has 0 amide bonds. The number of benzene rings is 1. The SMILES string of the molecule is NC(=S)Nc1ccc(S(=O)(=O)NCc2ccco2)cc1. The van der Waals surface area contributed by atoms with Crippen LogP contribution in [-0.2, 0) is 16.6 Å². The first-order chi connectivity index (χ1) is 9.47. The van der Waals surface area contributed by atoms with E-state index in [9.17, 15) is 8.42 Å². The maximum atomic E-state index is 12.0. The summed E-state index contributed by atoms with van der Waals surface area (Å²) in [5.41, 5.74) is 5.96. The Morgan fingerprint density at radius 3 is 2.50 bits per heavy atom. The second-order valence-electron chi connectivity index (χ2n) is 3.92. The van der Waals surface area contributed by atoms with Crippen molar-refractivity contribution in [1.29, 1.82) is 0 Å². The number of hydrogen-bond donors (Lipinski definition) is 3. The molecular weight excluding hydrogens is 298 g/mol. The average molecular weight is 311 g/mol. The van der Waals surface area contributed by atoms with Gasteiger partial charge in [0.05, 0.1) is 17.7 Å². The molecule has 20 heavy (non-hydrogen) atoms. The van der Waals surface area contributed by atoms with Gasteiger partial charge in [-0.1, -0.05) is 0 Å². The van der Waals surface area contributed by atoms with Gasteiger partial charge < -0.3 is 15.5 Å². The molecule has 0 bridgehead atoms. The Labute approximate surface area is 122 Å². The van der Waals surface area contributed by atoms with Gasteiger partial charge in [-0.05, 0) is 48.6 Å². The Morgan fingerprint density at radius 2 is 1.95 bits per heavy atom. The molecule has 0 aliphatic heterocycles. The van der Waals surface area contributed by atoms with E-state index >= 15 is 0 Å².